The van der Waals surface area contributed by atoms with Crippen molar-refractivity contribution >= 4 is 31.9 Å². The molecule has 2 rings (SSSR count). The molecule has 1 heterocycles. The zero-order valence-corrected chi connectivity index (χ0v) is 12.0. The molecule has 0 aliphatic heterocycles. The molecule has 2 aromatic rings. The Kier molecular flexibility index (Phi) is 3.60. The molecular weight excluding hydrogens is 355 g/mol. The average molecular weight is 364 g/mol. The summed E-state index contributed by atoms with van der Waals surface area (Å²) in [6.07, 6.45) is 0. The van der Waals surface area contributed by atoms with Crippen LogP contribution in [0.1, 0.15) is 17.3 Å². The Morgan fingerprint density at radius 3 is 2.71 bits per heavy atom. The number of aryl methyl sites for hydroxylation is 1. The van der Waals surface area contributed by atoms with Gasteiger partial charge in [0.05, 0.1) is 16.2 Å². The van der Waals surface area contributed by atoms with Crippen LogP contribution >= 0.6 is 31.9 Å². The van der Waals surface area contributed by atoms with Crippen LogP contribution in [0, 0.1) is 5.82 Å². The van der Waals surface area contributed by atoms with Crippen molar-refractivity contribution in [3.63, 3.8) is 0 Å². The highest BCUT2D eigenvalue weighted by Crippen LogP contribution is 2.29. The first-order valence-electron chi connectivity index (χ1n) is 4.77. The molecule has 1 aromatic carbocycles. The van der Waals surface area contributed by atoms with Crippen molar-refractivity contribution < 1.29 is 4.39 Å². The third-order valence-electron chi connectivity index (χ3n) is 2.44. The van der Waals surface area contributed by atoms with Crippen molar-refractivity contribution in [2.24, 2.45) is 12.8 Å². The van der Waals surface area contributed by atoms with E-state index in [1.54, 1.807) is 25.2 Å². The molecule has 0 bridgehead atoms. The van der Waals surface area contributed by atoms with Crippen molar-refractivity contribution in [2.45, 2.75) is 6.04 Å². The van der Waals surface area contributed by atoms with Gasteiger partial charge in [-0.15, -0.1) is 5.10 Å². The fraction of sp³-hybridized carbons (Fsp3) is 0.200. The van der Waals surface area contributed by atoms with Crippen LogP contribution in [0.3, 0.4) is 0 Å². The number of aromatic nitrogens is 3. The quantitative estimate of drug-likeness (QED) is 0.891. The van der Waals surface area contributed by atoms with Crippen molar-refractivity contribution in [2.75, 3.05) is 0 Å². The van der Waals surface area contributed by atoms with Gasteiger partial charge in [-0.05, 0) is 37.9 Å². The highest BCUT2D eigenvalue weighted by Gasteiger charge is 2.21. The van der Waals surface area contributed by atoms with E-state index in [2.05, 4.69) is 42.2 Å². The summed E-state index contributed by atoms with van der Waals surface area (Å²) in [4.78, 5) is 0. The van der Waals surface area contributed by atoms with E-state index in [0.29, 0.717) is 20.3 Å². The molecule has 0 aliphatic rings. The summed E-state index contributed by atoms with van der Waals surface area (Å²) in [5.74, 6) is -0.367. The van der Waals surface area contributed by atoms with Crippen LogP contribution in [0.5, 0.6) is 0 Å². The van der Waals surface area contributed by atoms with Gasteiger partial charge in [0.2, 0.25) is 0 Å². The molecule has 0 spiro atoms. The Balaban J connectivity index is 2.51. The van der Waals surface area contributed by atoms with E-state index in [1.165, 1.54) is 4.68 Å². The summed E-state index contributed by atoms with van der Waals surface area (Å²) >= 11 is 6.38. The highest BCUT2D eigenvalue weighted by molar-refractivity contribution is 9.10. The molecule has 17 heavy (non-hydrogen) atoms. The van der Waals surface area contributed by atoms with Crippen molar-refractivity contribution in [3.8, 4) is 0 Å². The summed E-state index contributed by atoms with van der Waals surface area (Å²) in [5.41, 5.74) is 7.06. The fourth-order valence-electron chi connectivity index (χ4n) is 1.58. The van der Waals surface area contributed by atoms with E-state index in [-0.39, 0.29) is 5.82 Å². The normalized spacial score (nSPS) is 12.8. The first-order valence-corrected chi connectivity index (χ1v) is 6.35. The zero-order valence-electron chi connectivity index (χ0n) is 8.86. The lowest BCUT2D eigenvalue weighted by Gasteiger charge is -2.13. The van der Waals surface area contributed by atoms with Gasteiger partial charge >= 0.3 is 0 Å². The van der Waals surface area contributed by atoms with Gasteiger partial charge in [-0.1, -0.05) is 17.3 Å². The number of rotatable bonds is 2. The minimum absolute atomic E-state index is 0.367. The molecule has 1 atom stereocenters. The van der Waals surface area contributed by atoms with E-state index in [9.17, 15) is 4.39 Å². The molecule has 1 unspecified atom stereocenters. The second kappa shape index (κ2) is 4.83. The summed E-state index contributed by atoms with van der Waals surface area (Å²) in [7, 11) is 1.71. The van der Waals surface area contributed by atoms with Gasteiger partial charge in [-0.2, -0.15) is 0 Å². The summed E-state index contributed by atoms with van der Waals surface area (Å²) < 4.78 is 16.3. The van der Waals surface area contributed by atoms with Gasteiger partial charge in [0, 0.05) is 12.6 Å². The first kappa shape index (κ1) is 12.7. The van der Waals surface area contributed by atoms with E-state index in [1.807, 2.05) is 0 Å². The first-order chi connectivity index (χ1) is 8.02. The lowest BCUT2D eigenvalue weighted by atomic mass is 10.0. The third-order valence-corrected chi connectivity index (χ3v) is 3.62. The molecule has 0 saturated carbocycles. The van der Waals surface area contributed by atoms with Crippen LogP contribution in [-0.2, 0) is 7.05 Å². The number of benzene rings is 1. The second-order valence-electron chi connectivity index (χ2n) is 3.51. The maximum absolute atomic E-state index is 13.9. The lowest BCUT2D eigenvalue weighted by molar-refractivity contribution is 0.579. The molecule has 2 N–H and O–H groups in total. The molecule has 7 heteroatoms. The minimum atomic E-state index is -0.623. The van der Waals surface area contributed by atoms with E-state index in [0.717, 1.165) is 0 Å². The molecule has 0 radical (unpaired) electrons. The fourth-order valence-corrected chi connectivity index (χ4v) is 2.53. The van der Waals surface area contributed by atoms with Crippen LogP contribution in [0.15, 0.2) is 27.3 Å². The number of nitrogens with zero attached hydrogens (tertiary/aromatic N) is 3. The SMILES string of the molecule is Cn1nnc(Br)c1C(N)c1cccc(Br)c1F. The summed E-state index contributed by atoms with van der Waals surface area (Å²) in [6, 6.07) is 4.38. The maximum Gasteiger partial charge on any atom is 0.153 e. The van der Waals surface area contributed by atoms with Gasteiger partial charge < -0.3 is 5.73 Å². The molecular formula is C10H9Br2FN4. The standard InChI is InChI=1S/C10H9Br2FN4/c1-17-9(10(12)15-16-17)8(14)5-3-2-4-6(11)7(5)13/h2-4,8H,14H2,1H3. The largest absolute Gasteiger partial charge is 0.319 e. The predicted molar refractivity (Wildman–Crippen MR) is 68.8 cm³/mol. The Morgan fingerprint density at radius 1 is 1.41 bits per heavy atom. The van der Waals surface area contributed by atoms with Crippen molar-refractivity contribution in [1.82, 2.24) is 15.0 Å². The maximum atomic E-state index is 13.9. The molecule has 1 aromatic heterocycles. The van der Waals surface area contributed by atoms with Gasteiger partial charge in [0.1, 0.15) is 5.82 Å². The van der Waals surface area contributed by atoms with Gasteiger partial charge in [0.15, 0.2) is 4.60 Å². The zero-order chi connectivity index (χ0) is 12.6. The number of hydrogen-bond donors (Lipinski definition) is 1. The van der Waals surface area contributed by atoms with Crippen molar-refractivity contribution in [3.05, 3.63) is 44.3 Å². The third kappa shape index (κ3) is 2.27. The molecule has 0 amide bonds. The predicted octanol–water partition coefficient (Wildman–Crippen LogP) is 2.53. The van der Waals surface area contributed by atoms with E-state index < -0.39 is 6.04 Å². The highest BCUT2D eigenvalue weighted by atomic mass is 79.9. The summed E-state index contributed by atoms with van der Waals surface area (Å²) in [6.45, 7) is 0. The molecule has 0 saturated heterocycles. The van der Waals surface area contributed by atoms with Crippen LogP contribution in [0.2, 0.25) is 0 Å². The number of hydrogen-bond acceptors (Lipinski definition) is 3. The molecule has 0 fully saturated rings. The van der Waals surface area contributed by atoms with E-state index in [4.69, 9.17) is 5.73 Å². The van der Waals surface area contributed by atoms with Gasteiger partial charge in [-0.3, -0.25) is 0 Å². The Hall–Kier alpha value is -0.790. The average Bonchev–Trinajstić information content (AvgIpc) is 2.62. The Labute approximate surface area is 114 Å². The van der Waals surface area contributed by atoms with Crippen LogP contribution in [-0.4, -0.2) is 15.0 Å². The lowest BCUT2D eigenvalue weighted by Crippen LogP contribution is -2.18. The van der Waals surface area contributed by atoms with Crippen LogP contribution in [0.25, 0.3) is 0 Å². The smallest absolute Gasteiger partial charge is 0.153 e. The Bertz CT molecular complexity index is 536. The number of halogens is 3. The monoisotopic (exact) mass is 362 g/mol. The van der Waals surface area contributed by atoms with Crippen molar-refractivity contribution in [1.29, 1.82) is 0 Å². The van der Waals surface area contributed by atoms with Gasteiger partial charge in [-0.25, -0.2) is 9.07 Å². The van der Waals surface area contributed by atoms with Gasteiger partial charge in [0.25, 0.3) is 0 Å². The summed E-state index contributed by atoms with van der Waals surface area (Å²) in [5, 5.41) is 7.65. The molecule has 90 valence electrons. The van der Waals surface area contributed by atoms with Crippen LogP contribution < -0.4 is 5.73 Å². The Morgan fingerprint density at radius 2 is 2.12 bits per heavy atom. The topological polar surface area (TPSA) is 56.7 Å². The number of nitrogens with two attached hydrogens (primary N) is 1. The molecule has 0 aliphatic carbocycles. The van der Waals surface area contributed by atoms with Crippen LogP contribution in [0.4, 0.5) is 4.39 Å². The minimum Gasteiger partial charge on any atom is -0.319 e. The van der Waals surface area contributed by atoms with E-state index >= 15 is 0 Å². The second-order valence-corrected chi connectivity index (χ2v) is 5.12. The molecule has 4 nitrogen and oxygen atoms in total.